The van der Waals surface area contributed by atoms with Gasteiger partial charge in [0, 0.05) is 12.1 Å². The first-order chi connectivity index (χ1) is 15.1. The van der Waals surface area contributed by atoms with Gasteiger partial charge >= 0.3 is 0 Å². The molecule has 0 fully saturated rings. The van der Waals surface area contributed by atoms with Gasteiger partial charge in [-0.1, -0.05) is 13.3 Å². The van der Waals surface area contributed by atoms with Crippen LogP contribution in [0.2, 0.25) is 0 Å². The van der Waals surface area contributed by atoms with Crippen LogP contribution < -0.4 is 14.4 Å². The molecule has 3 rings (SSSR count). The number of aliphatic imine (C=N–C) groups is 2. The van der Waals surface area contributed by atoms with Gasteiger partial charge in [0.05, 0.1) is 31.1 Å². The predicted octanol–water partition coefficient (Wildman–Crippen LogP) is 4.29. The molecular formula is C23H29N3O5. The molecule has 1 unspecified atom stereocenters. The summed E-state index contributed by atoms with van der Waals surface area (Å²) in [6, 6.07) is 10.0. The first-order valence-electron chi connectivity index (χ1n) is 10.5. The predicted molar refractivity (Wildman–Crippen MR) is 121 cm³/mol. The van der Waals surface area contributed by atoms with Crippen LogP contribution in [-0.2, 0) is 4.74 Å². The first-order valence-corrected chi connectivity index (χ1v) is 10.5. The number of aromatic hydroxyl groups is 2. The van der Waals surface area contributed by atoms with Crippen molar-refractivity contribution in [1.29, 1.82) is 0 Å². The monoisotopic (exact) mass is 427 g/mol. The number of anilines is 1. The SMILES string of the molecule is CCCCOC1N=CN(c2ccc(OCC)cc2O)C(c2ccc(OCC)cc2O)=N1. The van der Waals surface area contributed by atoms with Gasteiger partial charge in [-0.25, -0.2) is 9.98 Å². The van der Waals surface area contributed by atoms with Crippen molar-refractivity contribution in [2.24, 2.45) is 9.98 Å². The molecule has 1 atom stereocenters. The standard InChI is InChI=1S/C23H29N3O5/c1-4-7-12-31-23-24-15-26(19-11-9-17(30-6-3)14-21(19)28)22(25-23)18-10-8-16(29-5-2)13-20(18)27/h8-11,13-15,23,27-28H,4-7,12H2,1-3H3. The maximum Gasteiger partial charge on any atom is 0.248 e. The number of hydrogen-bond acceptors (Lipinski definition) is 8. The van der Waals surface area contributed by atoms with Crippen molar-refractivity contribution in [2.75, 3.05) is 24.7 Å². The highest BCUT2D eigenvalue weighted by molar-refractivity contribution is 6.21. The Labute approximate surface area is 182 Å². The van der Waals surface area contributed by atoms with Crippen LogP contribution in [-0.4, -0.2) is 48.6 Å². The Hall–Kier alpha value is -3.26. The minimum atomic E-state index is -0.728. The summed E-state index contributed by atoms with van der Waals surface area (Å²) in [7, 11) is 0. The van der Waals surface area contributed by atoms with Gasteiger partial charge in [0.15, 0.2) is 0 Å². The summed E-state index contributed by atoms with van der Waals surface area (Å²) in [6.45, 7) is 7.34. The van der Waals surface area contributed by atoms with Crippen molar-refractivity contribution < 1.29 is 24.4 Å². The average Bonchev–Trinajstić information content (AvgIpc) is 2.75. The average molecular weight is 428 g/mol. The summed E-state index contributed by atoms with van der Waals surface area (Å²) in [5.41, 5.74) is 0.915. The summed E-state index contributed by atoms with van der Waals surface area (Å²) < 4.78 is 16.7. The molecule has 1 heterocycles. The van der Waals surface area contributed by atoms with Gasteiger partial charge in [0.2, 0.25) is 6.35 Å². The molecular weight excluding hydrogens is 398 g/mol. The largest absolute Gasteiger partial charge is 0.507 e. The Bertz CT molecular complexity index is 945. The normalized spacial score (nSPS) is 15.6. The van der Waals surface area contributed by atoms with E-state index in [4.69, 9.17) is 14.2 Å². The van der Waals surface area contributed by atoms with Crippen molar-refractivity contribution in [2.45, 2.75) is 40.0 Å². The fraction of sp³-hybridized carbons (Fsp3) is 0.391. The second-order valence-corrected chi connectivity index (χ2v) is 6.83. The first kappa shape index (κ1) is 22.4. The number of hydrogen-bond donors (Lipinski definition) is 2. The zero-order chi connectivity index (χ0) is 22.2. The highest BCUT2D eigenvalue weighted by Crippen LogP contribution is 2.35. The van der Waals surface area contributed by atoms with Crippen LogP contribution in [0.4, 0.5) is 5.69 Å². The molecule has 0 amide bonds. The zero-order valence-corrected chi connectivity index (χ0v) is 18.1. The molecule has 0 bridgehead atoms. The second kappa shape index (κ2) is 10.7. The van der Waals surface area contributed by atoms with Gasteiger partial charge in [-0.05, 0) is 44.5 Å². The van der Waals surface area contributed by atoms with Crippen LogP contribution in [0.5, 0.6) is 23.0 Å². The lowest BCUT2D eigenvalue weighted by atomic mass is 10.1. The van der Waals surface area contributed by atoms with Crippen LogP contribution in [0.3, 0.4) is 0 Å². The Kier molecular flexibility index (Phi) is 7.72. The minimum Gasteiger partial charge on any atom is -0.507 e. The van der Waals surface area contributed by atoms with Crippen molar-refractivity contribution >= 4 is 17.9 Å². The van der Waals surface area contributed by atoms with E-state index in [1.807, 2.05) is 13.8 Å². The summed E-state index contributed by atoms with van der Waals surface area (Å²) >= 11 is 0. The summed E-state index contributed by atoms with van der Waals surface area (Å²) in [4.78, 5) is 10.6. The highest BCUT2D eigenvalue weighted by atomic mass is 16.5. The lowest BCUT2D eigenvalue weighted by molar-refractivity contribution is 0.0634. The molecule has 0 radical (unpaired) electrons. The third-order valence-corrected chi connectivity index (χ3v) is 4.57. The van der Waals surface area contributed by atoms with E-state index in [1.54, 1.807) is 35.5 Å². The van der Waals surface area contributed by atoms with Crippen LogP contribution in [0.25, 0.3) is 0 Å². The molecule has 0 aliphatic carbocycles. The number of amidine groups is 1. The van der Waals surface area contributed by atoms with E-state index in [0.29, 0.717) is 48.4 Å². The van der Waals surface area contributed by atoms with Crippen molar-refractivity contribution in [3.63, 3.8) is 0 Å². The van der Waals surface area contributed by atoms with Crippen LogP contribution in [0.1, 0.15) is 39.2 Å². The van der Waals surface area contributed by atoms with Gasteiger partial charge in [0.25, 0.3) is 0 Å². The number of phenolic OH excluding ortho intramolecular Hbond substituents is 2. The molecule has 0 spiro atoms. The summed E-state index contributed by atoms with van der Waals surface area (Å²) in [6.07, 6.45) is 2.71. The fourth-order valence-electron chi connectivity index (χ4n) is 3.09. The molecule has 0 aromatic heterocycles. The quantitative estimate of drug-likeness (QED) is 0.549. The lowest BCUT2D eigenvalue weighted by Crippen LogP contribution is -2.36. The number of ether oxygens (including phenoxy) is 3. The van der Waals surface area contributed by atoms with E-state index < -0.39 is 6.35 Å². The van der Waals surface area contributed by atoms with Crippen molar-refractivity contribution in [1.82, 2.24) is 0 Å². The van der Waals surface area contributed by atoms with Crippen molar-refractivity contribution in [3.05, 3.63) is 42.0 Å². The maximum atomic E-state index is 10.7. The Morgan fingerprint density at radius 1 is 0.935 bits per heavy atom. The smallest absolute Gasteiger partial charge is 0.248 e. The van der Waals surface area contributed by atoms with Crippen LogP contribution in [0, 0.1) is 0 Å². The summed E-state index contributed by atoms with van der Waals surface area (Å²) in [5, 5.41) is 21.3. The van der Waals surface area contributed by atoms with Gasteiger partial charge in [-0.15, -0.1) is 0 Å². The number of phenols is 2. The molecule has 31 heavy (non-hydrogen) atoms. The molecule has 8 nitrogen and oxygen atoms in total. The molecule has 1 aliphatic heterocycles. The molecule has 0 saturated heterocycles. The third-order valence-electron chi connectivity index (χ3n) is 4.57. The zero-order valence-electron chi connectivity index (χ0n) is 18.1. The topological polar surface area (TPSA) is 96.1 Å². The highest BCUT2D eigenvalue weighted by Gasteiger charge is 2.25. The molecule has 2 N–H and O–H groups in total. The van der Waals surface area contributed by atoms with Gasteiger partial charge < -0.3 is 24.4 Å². The van der Waals surface area contributed by atoms with Gasteiger partial charge in [-0.2, -0.15) is 0 Å². The van der Waals surface area contributed by atoms with E-state index in [2.05, 4.69) is 16.9 Å². The minimum absolute atomic E-state index is 0.000813. The van der Waals surface area contributed by atoms with E-state index in [1.165, 1.54) is 12.1 Å². The van der Waals surface area contributed by atoms with Gasteiger partial charge in [-0.3, -0.25) is 4.90 Å². The van der Waals surface area contributed by atoms with Crippen molar-refractivity contribution in [3.8, 4) is 23.0 Å². The molecule has 0 saturated carbocycles. The molecule has 166 valence electrons. The molecule has 8 heteroatoms. The molecule has 1 aliphatic rings. The number of unbranched alkanes of at least 4 members (excludes halogenated alkanes) is 1. The third kappa shape index (κ3) is 5.46. The Balaban J connectivity index is 1.98. The van der Waals surface area contributed by atoms with Gasteiger partial charge in [0.1, 0.15) is 35.2 Å². The Morgan fingerprint density at radius 3 is 2.23 bits per heavy atom. The Morgan fingerprint density at radius 2 is 1.61 bits per heavy atom. The van der Waals surface area contributed by atoms with E-state index >= 15 is 0 Å². The molecule has 2 aromatic rings. The van der Waals surface area contributed by atoms with E-state index in [-0.39, 0.29) is 11.5 Å². The number of rotatable bonds is 10. The lowest BCUT2D eigenvalue weighted by Gasteiger charge is -2.28. The van der Waals surface area contributed by atoms with Crippen LogP contribution in [0.15, 0.2) is 46.4 Å². The number of benzene rings is 2. The second-order valence-electron chi connectivity index (χ2n) is 6.83. The fourth-order valence-corrected chi connectivity index (χ4v) is 3.09. The number of nitrogens with zero attached hydrogens (tertiary/aromatic N) is 3. The maximum absolute atomic E-state index is 10.7. The van der Waals surface area contributed by atoms with E-state index in [9.17, 15) is 10.2 Å². The summed E-state index contributed by atoms with van der Waals surface area (Å²) in [5.74, 6) is 1.51. The van der Waals surface area contributed by atoms with Crippen LogP contribution >= 0.6 is 0 Å². The molecule has 2 aromatic carbocycles. The van der Waals surface area contributed by atoms with E-state index in [0.717, 1.165) is 12.8 Å².